The van der Waals surface area contributed by atoms with Crippen LogP contribution in [-0.2, 0) is 16.0 Å². The second kappa shape index (κ2) is 15.9. The molecule has 0 unspecified atom stereocenters. The molecule has 1 amide bonds. The zero-order valence-electron chi connectivity index (χ0n) is 17.6. The van der Waals surface area contributed by atoms with E-state index >= 15 is 0 Å². The Morgan fingerprint density at radius 2 is 1.75 bits per heavy atom. The standard InChI is InChI=1S/C21H36N4O3/c1-4-6-12-27-14-15-28-13-11-24-21(22-3)25-17-18-8-7-9-19(16-18)20(26)23-10-5-2/h7-9,16H,4-6,10-15,17H2,1-3H3,(H,23,26)(H2,22,24,25). The summed E-state index contributed by atoms with van der Waals surface area (Å²) >= 11 is 0. The number of benzene rings is 1. The lowest BCUT2D eigenvalue weighted by molar-refractivity contribution is 0.0487. The van der Waals surface area contributed by atoms with Crippen molar-refractivity contribution in [3.63, 3.8) is 0 Å². The summed E-state index contributed by atoms with van der Waals surface area (Å²) in [5.41, 5.74) is 1.69. The third-order valence-corrected chi connectivity index (χ3v) is 3.96. The Morgan fingerprint density at radius 1 is 0.964 bits per heavy atom. The first-order valence-electron chi connectivity index (χ1n) is 10.2. The molecule has 28 heavy (non-hydrogen) atoms. The molecular formula is C21H36N4O3. The number of hydrogen-bond donors (Lipinski definition) is 3. The van der Waals surface area contributed by atoms with Crippen LogP contribution >= 0.6 is 0 Å². The number of unbranched alkanes of at least 4 members (excludes halogenated alkanes) is 1. The summed E-state index contributed by atoms with van der Waals surface area (Å²) in [6.45, 7) is 8.74. The maximum absolute atomic E-state index is 12.1. The molecule has 7 heteroatoms. The van der Waals surface area contributed by atoms with E-state index in [2.05, 4.69) is 27.9 Å². The third-order valence-electron chi connectivity index (χ3n) is 3.96. The van der Waals surface area contributed by atoms with Crippen molar-refractivity contribution in [2.75, 3.05) is 46.6 Å². The molecule has 0 bridgehead atoms. The molecular weight excluding hydrogens is 356 g/mol. The van der Waals surface area contributed by atoms with E-state index in [1.165, 1.54) is 0 Å². The summed E-state index contributed by atoms with van der Waals surface area (Å²) in [6, 6.07) is 7.60. The Hall–Kier alpha value is -2.12. The van der Waals surface area contributed by atoms with Crippen LogP contribution in [0, 0.1) is 0 Å². The molecule has 158 valence electrons. The first-order valence-corrected chi connectivity index (χ1v) is 10.2. The molecule has 1 aromatic carbocycles. The zero-order chi connectivity index (χ0) is 20.5. The fraction of sp³-hybridized carbons (Fsp3) is 0.619. The average molecular weight is 393 g/mol. The highest BCUT2D eigenvalue weighted by molar-refractivity contribution is 5.94. The van der Waals surface area contributed by atoms with Gasteiger partial charge in [-0.15, -0.1) is 0 Å². The molecule has 0 radical (unpaired) electrons. The van der Waals surface area contributed by atoms with Gasteiger partial charge in [0, 0.05) is 38.9 Å². The van der Waals surface area contributed by atoms with Gasteiger partial charge in [-0.25, -0.2) is 0 Å². The van der Waals surface area contributed by atoms with Crippen molar-refractivity contribution >= 4 is 11.9 Å². The molecule has 7 nitrogen and oxygen atoms in total. The number of rotatable bonds is 14. The molecule has 0 aromatic heterocycles. The van der Waals surface area contributed by atoms with E-state index in [1.54, 1.807) is 7.05 Å². The maximum atomic E-state index is 12.1. The topological polar surface area (TPSA) is 84.0 Å². The van der Waals surface area contributed by atoms with Gasteiger partial charge in [0.1, 0.15) is 0 Å². The minimum absolute atomic E-state index is 0.0398. The number of ether oxygens (including phenoxy) is 2. The molecule has 0 aliphatic rings. The Balaban J connectivity index is 2.24. The lowest BCUT2D eigenvalue weighted by Gasteiger charge is -2.13. The number of guanidine groups is 1. The lowest BCUT2D eigenvalue weighted by Crippen LogP contribution is -2.38. The van der Waals surface area contributed by atoms with E-state index in [-0.39, 0.29) is 5.91 Å². The highest BCUT2D eigenvalue weighted by Crippen LogP contribution is 2.05. The van der Waals surface area contributed by atoms with Gasteiger partial charge in [0.25, 0.3) is 5.91 Å². The minimum Gasteiger partial charge on any atom is -0.379 e. The van der Waals surface area contributed by atoms with Crippen LogP contribution in [0.5, 0.6) is 0 Å². The molecule has 0 spiro atoms. The fourth-order valence-corrected chi connectivity index (χ4v) is 2.38. The van der Waals surface area contributed by atoms with E-state index < -0.39 is 0 Å². The van der Waals surface area contributed by atoms with Crippen molar-refractivity contribution in [3.8, 4) is 0 Å². The highest BCUT2D eigenvalue weighted by atomic mass is 16.5. The van der Waals surface area contributed by atoms with Gasteiger partial charge in [0.2, 0.25) is 0 Å². The van der Waals surface area contributed by atoms with Crippen molar-refractivity contribution in [2.24, 2.45) is 4.99 Å². The van der Waals surface area contributed by atoms with Crippen molar-refractivity contribution in [1.29, 1.82) is 0 Å². The van der Waals surface area contributed by atoms with Crippen LogP contribution in [0.15, 0.2) is 29.3 Å². The minimum atomic E-state index is -0.0398. The predicted molar refractivity (Wildman–Crippen MR) is 114 cm³/mol. The Kier molecular flexibility index (Phi) is 13.6. The predicted octanol–water partition coefficient (Wildman–Crippen LogP) is 2.32. The maximum Gasteiger partial charge on any atom is 0.251 e. The number of hydrogen-bond acceptors (Lipinski definition) is 4. The monoisotopic (exact) mass is 392 g/mol. The van der Waals surface area contributed by atoms with Gasteiger partial charge in [0.05, 0.1) is 19.8 Å². The summed E-state index contributed by atoms with van der Waals surface area (Å²) in [7, 11) is 1.73. The number of amides is 1. The first-order chi connectivity index (χ1) is 13.7. The molecule has 0 saturated heterocycles. The average Bonchev–Trinajstić information content (AvgIpc) is 2.73. The van der Waals surface area contributed by atoms with Crippen LogP contribution in [0.2, 0.25) is 0 Å². The van der Waals surface area contributed by atoms with Crippen molar-refractivity contribution in [3.05, 3.63) is 35.4 Å². The summed E-state index contributed by atoms with van der Waals surface area (Å²) in [6.07, 6.45) is 3.16. The largest absolute Gasteiger partial charge is 0.379 e. The number of carbonyl (C=O) groups is 1. The lowest BCUT2D eigenvalue weighted by atomic mass is 10.1. The van der Waals surface area contributed by atoms with Gasteiger partial charge in [-0.2, -0.15) is 0 Å². The number of nitrogens with one attached hydrogen (secondary N) is 3. The van der Waals surface area contributed by atoms with Gasteiger partial charge in [-0.3, -0.25) is 9.79 Å². The van der Waals surface area contributed by atoms with Crippen molar-refractivity contribution in [1.82, 2.24) is 16.0 Å². The van der Waals surface area contributed by atoms with E-state index in [0.29, 0.717) is 51.0 Å². The van der Waals surface area contributed by atoms with Crippen molar-refractivity contribution in [2.45, 2.75) is 39.7 Å². The molecule has 0 aliphatic heterocycles. The molecule has 3 N–H and O–H groups in total. The summed E-state index contributed by atoms with van der Waals surface area (Å²) in [5, 5.41) is 9.35. The fourth-order valence-electron chi connectivity index (χ4n) is 2.38. The number of carbonyl (C=O) groups excluding carboxylic acids is 1. The molecule has 0 heterocycles. The number of nitrogens with zero attached hydrogens (tertiary/aromatic N) is 1. The van der Waals surface area contributed by atoms with E-state index in [1.807, 2.05) is 31.2 Å². The van der Waals surface area contributed by atoms with Crippen LogP contribution in [-0.4, -0.2) is 58.4 Å². The molecule has 1 aromatic rings. The first kappa shape index (κ1) is 23.9. The second-order valence-electron chi connectivity index (χ2n) is 6.39. The molecule has 0 aliphatic carbocycles. The van der Waals surface area contributed by atoms with Crippen LogP contribution in [0.25, 0.3) is 0 Å². The Morgan fingerprint density at radius 3 is 2.46 bits per heavy atom. The van der Waals surface area contributed by atoms with Gasteiger partial charge < -0.3 is 25.4 Å². The van der Waals surface area contributed by atoms with Crippen LogP contribution in [0.4, 0.5) is 0 Å². The summed E-state index contributed by atoms with van der Waals surface area (Å²) in [4.78, 5) is 16.3. The van der Waals surface area contributed by atoms with Crippen LogP contribution in [0.3, 0.4) is 0 Å². The molecule has 0 atom stereocenters. The summed E-state index contributed by atoms with van der Waals surface area (Å²) < 4.78 is 11.0. The third kappa shape index (κ3) is 10.9. The second-order valence-corrected chi connectivity index (χ2v) is 6.39. The normalized spacial score (nSPS) is 11.3. The van der Waals surface area contributed by atoms with E-state index in [4.69, 9.17) is 9.47 Å². The molecule has 1 rings (SSSR count). The highest BCUT2D eigenvalue weighted by Gasteiger charge is 2.05. The smallest absolute Gasteiger partial charge is 0.251 e. The SMILES string of the molecule is CCCCOCCOCCNC(=NC)NCc1cccc(C(=O)NCCC)c1. The zero-order valence-corrected chi connectivity index (χ0v) is 17.6. The van der Waals surface area contributed by atoms with Gasteiger partial charge in [-0.05, 0) is 30.5 Å². The summed E-state index contributed by atoms with van der Waals surface area (Å²) in [5.74, 6) is 0.658. The Bertz CT molecular complexity index is 579. The number of aliphatic imine (C=N–C) groups is 1. The van der Waals surface area contributed by atoms with E-state index in [9.17, 15) is 4.79 Å². The van der Waals surface area contributed by atoms with E-state index in [0.717, 1.165) is 31.4 Å². The van der Waals surface area contributed by atoms with Crippen LogP contribution in [0.1, 0.15) is 49.0 Å². The van der Waals surface area contributed by atoms with Gasteiger partial charge in [-0.1, -0.05) is 32.4 Å². The molecule has 0 fully saturated rings. The molecule has 0 saturated carbocycles. The quantitative estimate of drug-likeness (QED) is 0.257. The van der Waals surface area contributed by atoms with Gasteiger partial charge >= 0.3 is 0 Å². The van der Waals surface area contributed by atoms with Crippen molar-refractivity contribution < 1.29 is 14.3 Å². The van der Waals surface area contributed by atoms with Gasteiger partial charge in [0.15, 0.2) is 5.96 Å². The van der Waals surface area contributed by atoms with Crippen LogP contribution < -0.4 is 16.0 Å². The Labute approximate surface area is 169 Å².